The molecule has 1 fully saturated rings. The zero-order valence-corrected chi connectivity index (χ0v) is 19.3. The summed E-state index contributed by atoms with van der Waals surface area (Å²) in [4.78, 5) is 37.2. The van der Waals surface area contributed by atoms with Crippen LogP contribution in [0.2, 0.25) is 0 Å². The van der Waals surface area contributed by atoms with Gasteiger partial charge in [-0.05, 0) is 58.0 Å². The van der Waals surface area contributed by atoms with Crippen LogP contribution < -0.4 is 9.47 Å². The molecule has 2 aromatic rings. The summed E-state index contributed by atoms with van der Waals surface area (Å²) < 4.78 is 12.1. The van der Waals surface area contributed by atoms with Gasteiger partial charge in [0.15, 0.2) is 6.61 Å². The van der Waals surface area contributed by atoms with E-state index in [9.17, 15) is 14.4 Å². The van der Waals surface area contributed by atoms with Crippen molar-refractivity contribution >= 4 is 66.8 Å². The van der Waals surface area contributed by atoms with Crippen LogP contribution in [0.25, 0.3) is 6.08 Å². The maximum absolute atomic E-state index is 12.7. The third-order valence-corrected chi connectivity index (χ3v) is 5.82. The maximum atomic E-state index is 12.7. The third-order valence-electron chi connectivity index (χ3n) is 3.86. The lowest BCUT2D eigenvalue weighted by Gasteiger charge is -2.13. The third kappa shape index (κ3) is 5.65. The number of halogens is 2. The van der Waals surface area contributed by atoms with Crippen LogP contribution in [0.3, 0.4) is 0 Å². The molecule has 1 aliphatic rings. The number of benzene rings is 2. The molecule has 156 valence electrons. The fourth-order valence-electron chi connectivity index (χ4n) is 2.58. The van der Waals surface area contributed by atoms with E-state index in [0.29, 0.717) is 20.3 Å². The van der Waals surface area contributed by atoms with Gasteiger partial charge in [0.1, 0.15) is 18.1 Å². The molecule has 1 N–H and O–H groups in total. The monoisotopic (exact) mass is 555 g/mol. The highest BCUT2D eigenvalue weighted by Gasteiger charge is 2.35. The summed E-state index contributed by atoms with van der Waals surface area (Å²) >= 11 is 7.49. The number of hydrogen-bond acceptors (Lipinski definition) is 6. The highest BCUT2D eigenvalue weighted by Crippen LogP contribution is 2.38. The van der Waals surface area contributed by atoms with E-state index in [-0.39, 0.29) is 23.8 Å². The zero-order chi connectivity index (χ0) is 21.7. The Morgan fingerprint density at radius 1 is 1.13 bits per heavy atom. The highest BCUT2D eigenvalue weighted by atomic mass is 79.9. The second kappa shape index (κ2) is 10.1. The minimum atomic E-state index is -1.13. The molecule has 1 aliphatic heterocycles. The molecule has 0 spiro atoms. The summed E-state index contributed by atoms with van der Waals surface area (Å²) in [6, 6.07) is 12.5. The number of ether oxygens (including phenoxy) is 2. The minimum Gasteiger partial charge on any atom is -0.492 e. The summed E-state index contributed by atoms with van der Waals surface area (Å²) in [5.74, 6) is -0.657. The predicted molar refractivity (Wildman–Crippen MR) is 120 cm³/mol. The van der Waals surface area contributed by atoms with E-state index >= 15 is 0 Å². The summed E-state index contributed by atoms with van der Waals surface area (Å²) in [6.45, 7) is -0.258. The molecule has 2 amide bonds. The molecule has 0 atom stereocenters. The number of aliphatic carboxylic acids is 1. The first-order valence-corrected chi connectivity index (χ1v) is 11.0. The van der Waals surface area contributed by atoms with Gasteiger partial charge in [0, 0.05) is 10.0 Å². The van der Waals surface area contributed by atoms with Gasteiger partial charge in [0.05, 0.1) is 15.9 Å². The van der Waals surface area contributed by atoms with Crippen LogP contribution in [0.15, 0.2) is 56.3 Å². The zero-order valence-electron chi connectivity index (χ0n) is 15.3. The van der Waals surface area contributed by atoms with Crippen molar-refractivity contribution in [2.75, 3.05) is 19.8 Å². The van der Waals surface area contributed by atoms with Crippen LogP contribution >= 0.6 is 43.6 Å². The van der Waals surface area contributed by atoms with Gasteiger partial charge in [0.25, 0.3) is 11.1 Å². The van der Waals surface area contributed by atoms with Gasteiger partial charge in [0.2, 0.25) is 0 Å². The first kappa shape index (κ1) is 22.4. The summed E-state index contributed by atoms with van der Waals surface area (Å²) in [7, 11) is 0. The Bertz CT molecular complexity index is 1010. The first-order chi connectivity index (χ1) is 14.3. The fraction of sp³-hybridized carbons (Fsp3) is 0.150. The Balaban J connectivity index is 1.75. The molecular formula is C20H15Br2NO6S. The SMILES string of the molecule is O=C(O)COc1c(Br)cc(Br)cc1/C=C1\SC(=O)N(CCOc2ccccc2)C1=O. The Morgan fingerprint density at radius 2 is 1.87 bits per heavy atom. The van der Waals surface area contributed by atoms with Crippen LogP contribution in [0.1, 0.15) is 5.56 Å². The number of amides is 2. The number of para-hydroxylation sites is 1. The summed E-state index contributed by atoms with van der Waals surface area (Å²) in [5.41, 5.74) is 0.462. The van der Waals surface area contributed by atoms with E-state index in [2.05, 4.69) is 31.9 Å². The number of rotatable bonds is 8. The Kier molecular flexibility index (Phi) is 7.57. The summed E-state index contributed by atoms with van der Waals surface area (Å²) in [5, 5.41) is 8.49. The van der Waals surface area contributed by atoms with Crippen molar-refractivity contribution in [3.05, 3.63) is 61.9 Å². The molecule has 0 aromatic heterocycles. The van der Waals surface area contributed by atoms with Crippen LogP contribution in [0.4, 0.5) is 4.79 Å². The van der Waals surface area contributed by atoms with E-state index in [1.165, 1.54) is 6.08 Å². The summed E-state index contributed by atoms with van der Waals surface area (Å²) in [6.07, 6.45) is 1.51. The van der Waals surface area contributed by atoms with E-state index in [0.717, 1.165) is 16.7 Å². The molecule has 7 nitrogen and oxygen atoms in total. The topological polar surface area (TPSA) is 93.1 Å². The molecule has 2 aromatic carbocycles. The number of carboxylic acids is 1. The van der Waals surface area contributed by atoms with Crippen molar-refractivity contribution in [1.82, 2.24) is 4.90 Å². The lowest BCUT2D eigenvalue weighted by molar-refractivity contribution is -0.139. The van der Waals surface area contributed by atoms with E-state index < -0.39 is 23.7 Å². The molecular weight excluding hydrogens is 542 g/mol. The molecule has 0 bridgehead atoms. The number of hydrogen-bond donors (Lipinski definition) is 1. The molecule has 30 heavy (non-hydrogen) atoms. The van der Waals surface area contributed by atoms with Gasteiger partial charge < -0.3 is 14.6 Å². The molecule has 10 heteroatoms. The largest absolute Gasteiger partial charge is 0.492 e. The predicted octanol–water partition coefficient (Wildman–Crippen LogP) is 4.79. The van der Waals surface area contributed by atoms with Crippen molar-refractivity contribution in [2.24, 2.45) is 0 Å². The quantitative estimate of drug-likeness (QED) is 0.467. The van der Waals surface area contributed by atoms with Crippen molar-refractivity contribution < 1.29 is 29.0 Å². The smallest absolute Gasteiger partial charge is 0.341 e. The highest BCUT2D eigenvalue weighted by molar-refractivity contribution is 9.11. The number of carbonyl (C=O) groups is 3. The Morgan fingerprint density at radius 3 is 2.57 bits per heavy atom. The van der Waals surface area contributed by atoms with Crippen LogP contribution in [0.5, 0.6) is 11.5 Å². The Hall–Kier alpha value is -2.30. The lowest BCUT2D eigenvalue weighted by atomic mass is 10.2. The van der Waals surface area contributed by atoms with Crippen LogP contribution in [-0.2, 0) is 9.59 Å². The van der Waals surface area contributed by atoms with Gasteiger partial charge in [-0.1, -0.05) is 34.1 Å². The second-order valence-corrected chi connectivity index (χ2v) is 8.75. The average Bonchev–Trinajstić information content (AvgIpc) is 2.95. The molecule has 1 saturated heterocycles. The van der Waals surface area contributed by atoms with Crippen LogP contribution in [0, 0.1) is 0 Å². The lowest BCUT2D eigenvalue weighted by Crippen LogP contribution is -2.32. The van der Waals surface area contributed by atoms with Gasteiger partial charge >= 0.3 is 5.97 Å². The Labute approximate surface area is 193 Å². The van der Waals surface area contributed by atoms with Gasteiger partial charge in [-0.2, -0.15) is 0 Å². The number of imide groups is 1. The average molecular weight is 557 g/mol. The van der Waals surface area contributed by atoms with Crippen molar-refractivity contribution in [3.63, 3.8) is 0 Å². The molecule has 0 saturated carbocycles. The number of carboxylic acid groups (broad SMARTS) is 1. The van der Waals surface area contributed by atoms with Gasteiger partial charge in [-0.3, -0.25) is 14.5 Å². The molecule has 0 unspecified atom stereocenters. The molecule has 1 heterocycles. The van der Waals surface area contributed by atoms with Crippen LogP contribution in [-0.4, -0.2) is 46.9 Å². The first-order valence-electron chi connectivity index (χ1n) is 8.62. The maximum Gasteiger partial charge on any atom is 0.341 e. The standard InChI is InChI=1S/C20H15Br2NO6S/c21-13-8-12(18(15(22)10-13)29-11-17(24)25)9-16-19(26)23(20(27)30-16)6-7-28-14-4-2-1-3-5-14/h1-5,8-10H,6-7,11H2,(H,24,25)/b16-9-. The van der Waals surface area contributed by atoms with Gasteiger partial charge in [-0.15, -0.1) is 0 Å². The number of thioether (sulfide) groups is 1. The second-order valence-electron chi connectivity index (χ2n) is 5.98. The minimum absolute atomic E-state index is 0.113. The van der Waals surface area contributed by atoms with Crippen molar-refractivity contribution in [3.8, 4) is 11.5 Å². The van der Waals surface area contributed by atoms with Crippen molar-refractivity contribution in [1.29, 1.82) is 0 Å². The molecule has 3 rings (SSSR count). The number of carbonyl (C=O) groups excluding carboxylic acids is 2. The normalized spacial score (nSPS) is 15.0. The van der Waals surface area contributed by atoms with E-state index in [1.54, 1.807) is 24.3 Å². The van der Waals surface area contributed by atoms with Gasteiger partial charge in [-0.25, -0.2) is 4.79 Å². The van der Waals surface area contributed by atoms with Crippen molar-refractivity contribution in [2.45, 2.75) is 0 Å². The molecule has 0 radical (unpaired) electrons. The number of nitrogens with zero attached hydrogens (tertiary/aromatic N) is 1. The molecule has 0 aliphatic carbocycles. The van der Waals surface area contributed by atoms with E-state index in [1.807, 2.05) is 18.2 Å². The fourth-order valence-corrected chi connectivity index (χ4v) is 4.81. The van der Waals surface area contributed by atoms with E-state index in [4.69, 9.17) is 14.6 Å².